The number of alkyl halides is 3. The van der Waals surface area contributed by atoms with E-state index in [1.165, 1.54) is 11.0 Å². The van der Waals surface area contributed by atoms with Gasteiger partial charge in [0.1, 0.15) is 5.60 Å². The first kappa shape index (κ1) is 20.1. The Morgan fingerprint density at radius 3 is 2.42 bits per heavy atom. The van der Waals surface area contributed by atoms with Gasteiger partial charge in [-0.05, 0) is 51.3 Å². The molecule has 1 saturated heterocycles. The zero-order chi connectivity index (χ0) is 19.7. The number of benzene rings is 1. The van der Waals surface area contributed by atoms with Crippen LogP contribution < -0.4 is 0 Å². The van der Waals surface area contributed by atoms with Crippen LogP contribution in [0.3, 0.4) is 0 Å². The van der Waals surface area contributed by atoms with Crippen molar-refractivity contribution < 1.29 is 32.6 Å². The van der Waals surface area contributed by atoms with Gasteiger partial charge in [0.05, 0.1) is 11.1 Å². The normalized spacial score (nSPS) is 18.5. The van der Waals surface area contributed by atoms with Crippen LogP contribution in [0.2, 0.25) is 0 Å². The fourth-order valence-corrected chi connectivity index (χ4v) is 2.98. The quantitative estimate of drug-likeness (QED) is 0.828. The van der Waals surface area contributed by atoms with Crippen molar-refractivity contribution in [2.24, 2.45) is 0 Å². The number of carbonyl (C=O) groups excluding carboxylic acids is 1. The molecule has 1 aromatic rings. The molecular formula is C18H22F3NO4. The van der Waals surface area contributed by atoms with Crippen molar-refractivity contribution in [2.75, 3.05) is 13.1 Å². The lowest BCUT2D eigenvalue weighted by molar-refractivity contribution is -0.138. The molecule has 1 aromatic carbocycles. The van der Waals surface area contributed by atoms with E-state index in [1.807, 2.05) is 0 Å². The molecule has 5 nitrogen and oxygen atoms in total. The minimum absolute atomic E-state index is 0.239. The van der Waals surface area contributed by atoms with E-state index < -0.39 is 35.0 Å². The van der Waals surface area contributed by atoms with Crippen molar-refractivity contribution in [3.63, 3.8) is 0 Å². The van der Waals surface area contributed by atoms with Gasteiger partial charge in [0.15, 0.2) is 0 Å². The van der Waals surface area contributed by atoms with Crippen LogP contribution in [0.25, 0.3) is 0 Å². The van der Waals surface area contributed by atoms with Crippen molar-refractivity contribution in [3.05, 3.63) is 34.9 Å². The van der Waals surface area contributed by atoms with Gasteiger partial charge in [-0.2, -0.15) is 13.2 Å². The molecule has 0 spiro atoms. The van der Waals surface area contributed by atoms with Crippen molar-refractivity contribution >= 4 is 12.1 Å². The lowest BCUT2D eigenvalue weighted by Gasteiger charge is -2.34. The molecule has 1 atom stereocenters. The highest BCUT2D eigenvalue weighted by Crippen LogP contribution is 2.35. The Morgan fingerprint density at radius 2 is 1.88 bits per heavy atom. The monoisotopic (exact) mass is 373 g/mol. The third-order valence-corrected chi connectivity index (χ3v) is 4.12. The molecular weight excluding hydrogens is 351 g/mol. The van der Waals surface area contributed by atoms with E-state index in [9.17, 15) is 22.8 Å². The molecule has 0 radical (unpaired) electrons. The van der Waals surface area contributed by atoms with Crippen molar-refractivity contribution in [3.8, 4) is 0 Å². The summed E-state index contributed by atoms with van der Waals surface area (Å²) < 4.78 is 44.3. The number of hydrogen-bond acceptors (Lipinski definition) is 3. The number of aromatic carboxylic acids is 1. The molecule has 0 aliphatic carbocycles. The molecule has 1 heterocycles. The number of likely N-dealkylation sites (tertiary alicyclic amines) is 1. The molecule has 0 bridgehead atoms. The highest BCUT2D eigenvalue weighted by Gasteiger charge is 2.36. The first-order valence-corrected chi connectivity index (χ1v) is 8.31. The van der Waals surface area contributed by atoms with E-state index in [0.29, 0.717) is 24.9 Å². The highest BCUT2D eigenvalue weighted by atomic mass is 19.4. The number of halogens is 3. The highest BCUT2D eigenvalue weighted by molar-refractivity contribution is 5.90. The predicted molar refractivity (Wildman–Crippen MR) is 88.2 cm³/mol. The second kappa shape index (κ2) is 7.17. The summed E-state index contributed by atoms with van der Waals surface area (Å²) in [5.41, 5.74) is -2.11. The van der Waals surface area contributed by atoms with E-state index in [4.69, 9.17) is 9.84 Å². The Bertz CT molecular complexity index is 695. The Morgan fingerprint density at radius 1 is 1.23 bits per heavy atom. The van der Waals surface area contributed by atoms with Gasteiger partial charge in [-0.25, -0.2) is 9.59 Å². The average Bonchev–Trinajstić information content (AvgIpc) is 2.52. The molecule has 1 aliphatic rings. The molecule has 1 aliphatic heterocycles. The van der Waals surface area contributed by atoms with E-state index in [0.717, 1.165) is 12.1 Å². The van der Waals surface area contributed by atoms with E-state index in [1.54, 1.807) is 20.8 Å². The lowest BCUT2D eigenvalue weighted by atomic mass is 9.88. The topological polar surface area (TPSA) is 66.8 Å². The summed E-state index contributed by atoms with van der Waals surface area (Å²) in [6.45, 7) is 6.03. The second-order valence-corrected chi connectivity index (χ2v) is 7.37. The molecule has 1 fully saturated rings. The van der Waals surface area contributed by atoms with Crippen LogP contribution in [-0.4, -0.2) is 40.8 Å². The van der Waals surface area contributed by atoms with E-state index >= 15 is 0 Å². The summed E-state index contributed by atoms with van der Waals surface area (Å²) in [6, 6.07) is 3.15. The maximum absolute atomic E-state index is 13.0. The summed E-state index contributed by atoms with van der Waals surface area (Å²) in [4.78, 5) is 25.0. The standard InChI is InChI=1S/C18H22F3NO4/c1-17(2,3)26-16(25)22-8-4-5-12(10-22)11-6-7-14(18(19,20)21)13(9-11)15(23)24/h6-7,9,12H,4-5,8,10H2,1-3H3,(H,23,24). The average molecular weight is 373 g/mol. The largest absolute Gasteiger partial charge is 0.478 e. The molecule has 144 valence electrons. The molecule has 26 heavy (non-hydrogen) atoms. The first-order valence-electron chi connectivity index (χ1n) is 8.31. The minimum Gasteiger partial charge on any atom is -0.478 e. The minimum atomic E-state index is -4.73. The Labute approximate surface area is 149 Å². The van der Waals surface area contributed by atoms with Crippen LogP contribution in [0.4, 0.5) is 18.0 Å². The van der Waals surface area contributed by atoms with E-state index in [-0.39, 0.29) is 12.5 Å². The fraction of sp³-hybridized carbons (Fsp3) is 0.556. The summed E-state index contributed by atoms with van der Waals surface area (Å²) in [5, 5.41) is 9.14. The van der Waals surface area contributed by atoms with Crippen LogP contribution in [-0.2, 0) is 10.9 Å². The van der Waals surface area contributed by atoms with Crippen LogP contribution in [0.5, 0.6) is 0 Å². The smallest absolute Gasteiger partial charge is 0.417 e. The van der Waals surface area contributed by atoms with Gasteiger partial charge >= 0.3 is 18.2 Å². The summed E-state index contributed by atoms with van der Waals surface area (Å²) in [5.74, 6) is -1.87. The zero-order valence-electron chi connectivity index (χ0n) is 14.9. The van der Waals surface area contributed by atoms with Crippen LogP contribution in [0, 0.1) is 0 Å². The molecule has 1 unspecified atom stereocenters. The van der Waals surface area contributed by atoms with Crippen LogP contribution in [0.1, 0.15) is 61.0 Å². The van der Waals surface area contributed by atoms with Crippen molar-refractivity contribution in [1.82, 2.24) is 4.90 Å². The molecule has 0 saturated carbocycles. The number of rotatable bonds is 2. The number of ether oxygens (including phenoxy) is 1. The van der Waals surface area contributed by atoms with Gasteiger partial charge in [-0.3, -0.25) is 0 Å². The van der Waals surface area contributed by atoms with Gasteiger partial charge in [-0.15, -0.1) is 0 Å². The number of hydrogen-bond donors (Lipinski definition) is 1. The summed E-state index contributed by atoms with van der Waals surface area (Å²) in [7, 11) is 0. The number of amides is 1. The summed E-state index contributed by atoms with van der Waals surface area (Å²) in [6.07, 6.45) is -3.90. The third-order valence-electron chi connectivity index (χ3n) is 4.12. The third kappa shape index (κ3) is 4.89. The SMILES string of the molecule is CC(C)(C)OC(=O)N1CCCC(c2ccc(C(F)(F)F)c(C(=O)O)c2)C1. The molecule has 8 heteroatoms. The van der Waals surface area contributed by atoms with Crippen molar-refractivity contribution in [1.29, 1.82) is 0 Å². The van der Waals surface area contributed by atoms with Crippen LogP contribution >= 0.6 is 0 Å². The van der Waals surface area contributed by atoms with Gasteiger partial charge in [0, 0.05) is 19.0 Å². The maximum Gasteiger partial charge on any atom is 0.417 e. The zero-order valence-corrected chi connectivity index (χ0v) is 14.9. The molecule has 1 amide bonds. The fourth-order valence-electron chi connectivity index (χ4n) is 2.98. The number of piperidine rings is 1. The number of nitrogens with zero attached hydrogens (tertiary/aromatic N) is 1. The van der Waals surface area contributed by atoms with Gasteiger partial charge in [0.25, 0.3) is 0 Å². The lowest BCUT2D eigenvalue weighted by Crippen LogP contribution is -2.42. The Hall–Kier alpha value is -2.25. The molecule has 1 N–H and O–H groups in total. The Balaban J connectivity index is 2.24. The van der Waals surface area contributed by atoms with Gasteiger partial charge in [-0.1, -0.05) is 6.07 Å². The van der Waals surface area contributed by atoms with E-state index in [2.05, 4.69) is 0 Å². The number of carbonyl (C=O) groups is 2. The molecule has 0 aromatic heterocycles. The van der Waals surface area contributed by atoms with Gasteiger partial charge in [0.2, 0.25) is 0 Å². The maximum atomic E-state index is 13.0. The first-order chi connectivity index (χ1) is 11.9. The Kier molecular flexibility index (Phi) is 5.53. The predicted octanol–water partition coefficient (Wildman–Crippen LogP) is 4.52. The van der Waals surface area contributed by atoms with Crippen LogP contribution in [0.15, 0.2) is 18.2 Å². The summed E-state index contributed by atoms with van der Waals surface area (Å²) >= 11 is 0. The second-order valence-electron chi connectivity index (χ2n) is 7.37. The molecule has 2 rings (SSSR count). The number of carboxylic acid groups (broad SMARTS) is 1. The van der Waals surface area contributed by atoms with Gasteiger partial charge < -0.3 is 14.7 Å². The van der Waals surface area contributed by atoms with Crippen molar-refractivity contribution in [2.45, 2.75) is 51.3 Å². The number of carboxylic acids is 1.